The normalized spacial score (nSPS) is 13.6. The Morgan fingerprint density at radius 1 is 1.25 bits per heavy atom. The monoisotopic (exact) mass is 269 g/mol. The number of hydrogen-bond donors (Lipinski definition) is 2. The number of rotatable bonds is 3. The first-order valence-corrected chi connectivity index (χ1v) is 6.50. The molecule has 2 aromatic rings. The van der Waals surface area contributed by atoms with E-state index in [-0.39, 0.29) is 5.91 Å². The minimum Gasteiger partial charge on any atom is -0.439 e. The van der Waals surface area contributed by atoms with Crippen LogP contribution >= 0.6 is 0 Å². The van der Waals surface area contributed by atoms with Crippen molar-refractivity contribution in [2.24, 2.45) is 5.73 Å². The number of fused-ring (bicyclic) bond motifs is 1. The number of aromatic nitrogens is 1. The van der Waals surface area contributed by atoms with E-state index in [0.717, 1.165) is 23.2 Å². The molecular formula is C15H15N3O2. The van der Waals surface area contributed by atoms with Crippen molar-refractivity contribution in [1.82, 2.24) is 4.98 Å². The lowest BCUT2D eigenvalue weighted by Crippen LogP contribution is -2.18. The van der Waals surface area contributed by atoms with Gasteiger partial charge in [-0.15, -0.1) is 0 Å². The summed E-state index contributed by atoms with van der Waals surface area (Å²) < 4.78 is 5.71. The number of benzene rings is 1. The van der Waals surface area contributed by atoms with Crippen molar-refractivity contribution in [2.75, 3.05) is 5.32 Å². The van der Waals surface area contributed by atoms with E-state index in [2.05, 4.69) is 10.3 Å². The van der Waals surface area contributed by atoms with Crippen molar-refractivity contribution >= 4 is 11.6 Å². The smallest absolute Gasteiger partial charge is 0.224 e. The van der Waals surface area contributed by atoms with Gasteiger partial charge < -0.3 is 15.8 Å². The van der Waals surface area contributed by atoms with E-state index in [4.69, 9.17) is 10.5 Å². The summed E-state index contributed by atoms with van der Waals surface area (Å²) in [6.07, 6.45) is 2.95. The Hall–Kier alpha value is -2.40. The molecule has 0 spiro atoms. The lowest BCUT2D eigenvalue weighted by Gasteiger charge is -2.17. The summed E-state index contributed by atoms with van der Waals surface area (Å²) >= 11 is 0. The number of pyridine rings is 1. The Labute approximate surface area is 116 Å². The van der Waals surface area contributed by atoms with E-state index in [9.17, 15) is 4.79 Å². The molecular weight excluding hydrogens is 254 g/mol. The van der Waals surface area contributed by atoms with Crippen molar-refractivity contribution in [1.29, 1.82) is 0 Å². The molecule has 0 aliphatic carbocycles. The number of nitrogens with zero attached hydrogens (tertiary/aromatic N) is 1. The molecule has 1 aromatic heterocycles. The van der Waals surface area contributed by atoms with Crippen molar-refractivity contribution < 1.29 is 9.53 Å². The number of ether oxygens (including phenoxy) is 1. The molecule has 0 atom stereocenters. The lowest BCUT2D eigenvalue weighted by molar-refractivity contribution is -0.116. The van der Waals surface area contributed by atoms with Crippen LogP contribution in [0.15, 0.2) is 36.5 Å². The molecule has 0 radical (unpaired) electrons. The summed E-state index contributed by atoms with van der Waals surface area (Å²) in [5.74, 6) is 1.31. The summed E-state index contributed by atoms with van der Waals surface area (Å²) in [6.45, 7) is 0.464. The summed E-state index contributed by atoms with van der Waals surface area (Å²) in [6, 6.07) is 9.30. The highest BCUT2D eigenvalue weighted by Gasteiger charge is 2.15. The van der Waals surface area contributed by atoms with E-state index in [1.54, 1.807) is 12.3 Å². The van der Waals surface area contributed by atoms with E-state index in [1.165, 1.54) is 0 Å². The Balaban J connectivity index is 1.79. The average molecular weight is 269 g/mol. The van der Waals surface area contributed by atoms with Gasteiger partial charge in [0.15, 0.2) is 0 Å². The summed E-state index contributed by atoms with van der Waals surface area (Å²) in [5, 5.41) is 2.84. The van der Waals surface area contributed by atoms with Crippen LogP contribution in [-0.2, 0) is 17.8 Å². The number of aryl methyl sites for hydroxylation is 1. The molecule has 1 aliphatic heterocycles. The maximum absolute atomic E-state index is 11.3. The summed E-state index contributed by atoms with van der Waals surface area (Å²) in [7, 11) is 0. The van der Waals surface area contributed by atoms with E-state index in [1.807, 2.05) is 24.3 Å². The van der Waals surface area contributed by atoms with Gasteiger partial charge in [0.2, 0.25) is 11.8 Å². The summed E-state index contributed by atoms with van der Waals surface area (Å²) in [4.78, 5) is 15.5. The highest BCUT2D eigenvalue weighted by molar-refractivity contribution is 5.94. The third-order valence-corrected chi connectivity index (χ3v) is 3.23. The molecule has 0 saturated carbocycles. The molecule has 1 amide bonds. The summed E-state index contributed by atoms with van der Waals surface area (Å²) in [5.41, 5.74) is 8.43. The fourth-order valence-corrected chi connectivity index (χ4v) is 2.14. The van der Waals surface area contributed by atoms with Gasteiger partial charge in [-0.05, 0) is 35.7 Å². The molecule has 20 heavy (non-hydrogen) atoms. The largest absolute Gasteiger partial charge is 0.439 e. The Morgan fingerprint density at radius 3 is 2.90 bits per heavy atom. The average Bonchev–Trinajstić information content (AvgIpc) is 2.48. The second kappa shape index (κ2) is 5.30. The quantitative estimate of drug-likeness (QED) is 0.895. The third-order valence-electron chi connectivity index (χ3n) is 3.23. The minimum absolute atomic E-state index is 0.0604. The fourth-order valence-electron chi connectivity index (χ4n) is 2.14. The van der Waals surface area contributed by atoms with E-state index >= 15 is 0 Å². The molecule has 5 nitrogen and oxygen atoms in total. The number of amides is 1. The molecule has 102 valence electrons. The minimum atomic E-state index is 0.0604. The van der Waals surface area contributed by atoms with Gasteiger partial charge >= 0.3 is 0 Å². The van der Waals surface area contributed by atoms with Crippen LogP contribution in [0.5, 0.6) is 11.6 Å². The maximum Gasteiger partial charge on any atom is 0.224 e. The van der Waals surface area contributed by atoms with E-state index in [0.29, 0.717) is 24.6 Å². The van der Waals surface area contributed by atoms with Crippen molar-refractivity contribution in [3.05, 3.63) is 47.7 Å². The van der Waals surface area contributed by atoms with Crippen LogP contribution in [-0.4, -0.2) is 10.9 Å². The van der Waals surface area contributed by atoms with Gasteiger partial charge in [0.1, 0.15) is 5.75 Å². The van der Waals surface area contributed by atoms with Gasteiger partial charge in [0.25, 0.3) is 0 Å². The molecule has 0 unspecified atom stereocenters. The molecule has 0 saturated heterocycles. The van der Waals surface area contributed by atoms with Crippen LogP contribution in [0.1, 0.15) is 17.5 Å². The van der Waals surface area contributed by atoms with E-state index < -0.39 is 0 Å². The lowest BCUT2D eigenvalue weighted by atomic mass is 10.0. The number of anilines is 1. The SMILES string of the molecule is NCc1ccc(Oc2ccc3c(c2)CCC(=O)N3)nc1. The Kier molecular flexibility index (Phi) is 3.35. The molecule has 3 rings (SSSR count). The zero-order chi connectivity index (χ0) is 13.9. The zero-order valence-corrected chi connectivity index (χ0v) is 10.9. The highest BCUT2D eigenvalue weighted by atomic mass is 16.5. The Morgan fingerprint density at radius 2 is 2.15 bits per heavy atom. The Bertz CT molecular complexity index is 638. The third kappa shape index (κ3) is 2.62. The number of nitrogens with two attached hydrogens (primary N) is 1. The topological polar surface area (TPSA) is 77.2 Å². The second-order valence-corrected chi connectivity index (χ2v) is 4.68. The van der Waals surface area contributed by atoms with Crippen LogP contribution in [0.4, 0.5) is 5.69 Å². The van der Waals surface area contributed by atoms with Crippen molar-refractivity contribution in [2.45, 2.75) is 19.4 Å². The molecule has 5 heteroatoms. The van der Waals surface area contributed by atoms with Crippen LogP contribution in [0, 0.1) is 0 Å². The van der Waals surface area contributed by atoms with Crippen molar-refractivity contribution in [3.63, 3.8) is 0 Å². The molecule has 3 N–H and O–H groups in total. The highest BCUT2D eigenvalue weighted by Crippen LogP contribution is 2.28. The standard InChI is InChI=1S/C15H15N3O2/c16-8-10-1-6-15(17-9-10)20-12-3-4-13-11(7-12)2-5-14(19)18-13/h1,3-4,6-7,9H,2,5,8,16H2,(H,18,19). The first-order valence-electron chi connectivity index (χ1n) is 6.50. The van der Waals surface area contributed by atoms with Crippen LogP contribution in [0.3, 0.4) is 0 Å². The van der Waals surface area contributed by atoms with Gasteiger partial charge in [0.05, 0.1) is 0 Å². The van der Waals surface area contributed by atoms with Crippen molar-refractivity contribution in [3.8, 4) is 11.6 Å². The molecule has 0 bridgehead atoms. The second-order valence-electron chi connectivity index (χ2n) is 4.68. The number of hydrogen-bond acceptors (Lipinski definition) is 4. The van der Waals surface area contributed by atoms with Crippen LogP contribution in [0.2, 0.25) is 0 Å². The molecule has 1 aliphatic rings. The number of carbonyl (C=O) groups is 1. The van der Waals surface area contributed by atoms with Gasteiger partial charge in [-0.25, -0.2) is 4.98 Å². The molecule has 1 aromatic carbocycles. The fraction of sp³-hybridized carbons (Fsp3) is 0.200. The van der Waals surface area contributed by atoms with Gasteiger partial charge in [0, 0.05) is 30.9 Å². The molecule has 2 heterocycles. The predicted molar refractivity (Wildman–Crippen MR) is 75.6 cm³/mol. The number of carbonyl (C=O) groups excluding carboxylic acids is 1. The maximum atomic E-state index is 11.3. The first kappa shape index (κ1) is 12.6. The number of nitrogens with one attached hydrogen (secondary N) is 1. The van der Waals surface area contributed by atoms with Crippen LogP contribution in [0.25, 0.3) is 0 Å². The first-order chi connectivity index (χ1) is 9.74. The van der Waals surface area contributed by atoms with Gasteiger partial charge in [-0.2, -0.15) is 0 Å². The molecule has 0 fully saturated rings. The zero-order valence-electron chi connectivity index (χ0n) is 10.9. The van der Waals surface area contributed by atoms with Crippen LogP contribution < -0.4 is 15.8 Å². The predicted octanol–water partition coefficient (Wildman–Crippen LogP) is 2.22. The van der Waals surface area contributed by atoms with Gasteiger partial charge in [-0.3, -0.25) is 4.79 Å². The van der Waals surface area contributed by atoms with Gasteiger partial charge in [-0.1, -0.05) is 6.07 Å².